The molecule has 0 amide bonds. The van der Waals surface area contributed by atoms with Crippen molar-refractivity contribution < 1.29 is 0 Å². The molecule has 1 N–H and O–H groups in total. The molecule has 1 aromatic carbocycles. The smallest absolute Gasteiger partial charge is 0.193 e. The van der Waals surface area contributed by atoms with Crippen LogP contribution in [0.3, 0.4) is 0 Å². The molecule has 6 heteroatoms. The van der Waals surface area contributed by atoms with Crippen LogP contribution >= 0.6 is 24.0 Å². The van der Waals surface area contributed by atoms with E-state index in [4.69, 9.17) is 0 Å². The Balaban J connectivity index is 0.00000288. The summed E-state index contributed by atoms with van der Waals surface area (Å²) in [5, 5.41) is 3.43. The highest BCUT2D eigenvalue weighted by Gasteiger charge is 2.08. The van der Waals surface area contributed by atoms with Crippen molar-refractivity contribution in [2.45, 2.75) is 19.4 Å². The van der Waals surface area contributed by atoms with Crippen LogP contribution in [-0.4, -0.2) is 41.1 Å². The number of benzene rings is 1. The lowest BCUT2D eigenvalue weighted by molar-refractivity contribution is 0.470. The maximum Gasteiger partial charge on any atom is 0.193 e. The lowest BCUT2D eigenvalue weighted by Gasteiger charge is -2.22. The minimum absolute atomic E-state index is 0. The third-order valence-electron chi connectivity index (χ3n) is 3.69. The van der Waals surface area contributed by atoms with Crippen LogP contribution in [0.1, 0.15) is 18.4 Å². The van der Waals surface area contributed by atoms with Crippen molar-refractivity contribution in [3.05, 3.63) is 61.2 Å². The molecule has 0 radical (unpaired) electrons. The van der Waals surface area contributed by atoms with Crippen LogP contribution in [-0.2, 0) is 6.54 Å². The highest BCUT2D eigenvalue weighted by molar-refractivity contribution is 14.0. The van der Waals surface area contributed by atoms with Gasteiger partial charge in [0, 0.05) is 39.6 Å². The number of hydrogen-bond acceptors (Lipinski definition) is 2. The van der Waals surface area contributed by atoms with Gasteiger partial charge in [-0.25, -0.2) is 4.98 Å². The van der Waals surface area contributed by atoms with Gasteiger partial charge in [-0.2, -0.15) is 0 Å². The molecule has 1 aromatic heterocycles. The lowest BCUT2D eigenvalue weighted by Crippen LogP contribution is -2.39. The Hall–Kier alpha value is -1.83. The van der Waals surface area contributed by atoms with Gasteiger partial charge < -0.3 is 14.8 Å². The molecule has 0 unspecified atom stereocenters. The maximum atomic E-state index is 4.36. The summed E-state index contributed by atoms with van der Waals surface area (Å²) in [4.78, 5) is 10.6. The molecule has 0 aliphatic rings. The normalized spacial score (nSPS) is 10.8. The predicted octanol–water partition coefficient (Wildman–Crippen LogP) is 3.46. The Morgan fingerprint density at radius 1 is 1.42 bits per heavy atom. The van der Waals surface area contributed by atoms with Gasteiger partial charge in [-0.1, -0.05) is 24.3 Å². The molecule has 0 atom stereocenters. The summed E-state index contributed by atoms with van der Waals surface area (Å²) in [6.07, 6.45) is 9.60. The van der Waals surface area contributed by atoms with Crippen molar-refractivity contribution >= 4 is 29.9 Å². The van der Waals surface area contributed by atoms with Gasteiger partial charge in [-0.3, -0.25) is 4.99 Å². The fourth-order valence-corrected chi connectivity index (χ4v) is 2.45. The zero-order chi connectivity index (χ0) is 16.5. The standard InChI is InChI=1S/C18H25N5.HI/c1-4-5-8-12-22(3)18(19-2)21-14-16-9-6-7-10-17(16)23-13-11-20-15-23;/h4,6-7,9-11,13,15H,1,5,8,12,14H2,2-3H3,(H,19,21);1H. The Bertz CT molecular complexity index is 637. The summed E-state index contributed by atoms with van der Waals surface area (Å²) in [6, 6.07) is 8.30. The van der Waals surface area contributed by atoms with Crippen LogP contribution in [0.15, 0.2) is 60.6 Å². The first kappa shape index (κ1) is 20.2. The second-order valence-electron chi connectivity index (χ2n) is 5.35. The van der Waals surface area contributed by atoms with Gasteiger partial charge in [0.05, 0.1) is 12.0 Å². The van der Waals surface area contributed by atoms with Crippen LogP contribution in [0.25, 0.3) is 5.69 Å². The van der Waals surface area contributed by atoms with Crippen molar-refractivity contribution in [1.29, 1.82) is 0 Å². The Kier molecular flexibility index (Phi) is 9.14. The molecule has 2 aromatic rings. The van der Waals surface area contributed by atoms with Gasteiger partial charge >= 0.3 is 0 Å². The molecule has 0 saturated carbocycles. The zero-order valence-corrected chi connectivity index (χ0v) is 16.7. The van der Waals surface area contributed by atoms with Crippen molar-refractivity contribution in [2.24, 2.45) is 4.99 Å². The van der Waals surface area contributed by atoms with E-state index in [1.54, 1.807) is 6.20 Å². The second-order valence-corrected chi connectivity index (χ2v) is 5.35. The summed E-state index contributed by atoms with van der Waals surface area (Å²) in [7, 11) is 3.87. The quantitative estimate of drug-likeness (QED) is 0.236. The predicted molar refractivity (Wildman–Crippen MR) is 111 cm³/mol. The highest BCUT2D eigenvalue weighted by atomic mass is 127. The summed E-state index contributed by atoms with van der Waals surface area (Å²) in [6.45, 7) is 5.43. The molecule has 0 fully saturated rings. The fourth-order valence-electron chi connectivity index (χ4n) is 2.45. The number of guanidine groups is 1. The third-order valence-corrected chi connectivity index (χ3v) is 3.69. The minimum Gasteiger partial charge on any atom is -0.352 e. The number of imidazole rings is 1. The molecule has 1 heterocycles. The van der Waals surface area contributed by atoms with Crippen LogP contribution in [0.2, 0.25) is 0 Å². The molecular weight excluding hydrogens is 413 g/mol. The number of aliphatic imine (C=N–C) groups is 1. The van der Waals surface area contributed by atoms with Crippen molar-refractivity contribution in [3.8, 4) is 5.69 Å². The van der Waals surface area contributed by atoms with E-state index in [0.717, 1.165) is 31.0 Å². The second kappa shape index (κ2) is 10.9. The van der Waals surface area contributed by atoms with E-state index in [2.05, 4.69) is 46.0 Å². The molecule has 5 nitrogen and oxygen atoms in total. The Labute approximate surface area is 161 Å². The largest absolute Gasteiger partial charge is 0.352 e. The number of nitrogens with one attached hydrogen (secondary N) is 1. The number of allylic oxidation sites excluding steroid dienone is 1. The van der Waals surface area contributed by atoms with Crippen molar-refractivity contribution in [3.63, 3.8) is 0 Å². The number of halogens is 1. The van der Waals surface area contributed by atoms with Gasteiger partial charge in [0.1, 0.15) is 0 Å². The number of rotatable bonds is 7. The van der Waals surface area contributed by atoms with E-state index in [0.29, 0.717) is 6.54 Å². The highest BCUT2D eigenvalue weighted by Crippen LogP contribution is 2.13. The molecule has 0 aliphatic heterocycles. The summed E-state index contributed by atoms with van der Waals surface area (Å²) in [5.74, 6) is 0.898. The van der Waals surface area contributed by atoms with Crippen LogP contribution in [0, 0.1) is 0 Å². The number of unbranched alkanes of at least 4 members (excludes halogenated alkanes) is 1. The average molecular weight is 439 g/mol. The minimum atomic E-state index is 0. The molecular formula is C18H26IN5. The van der Waals surface area contributed by atoms with Crippen LogP contribution in [0.4, 0.5) is 0 Å². The van der Waals surface area contributed by atoms with E-state index in [9.17, 15) is 0 Å². The van der Waals surface area contributed by atoms with E-state index >= 15 is 0 Å². The first-order valence-electron chi connectivity index (χ1n) is 7.85. The van der Waals surface area contributed by atoms with E-state index in [-0.39, 0.29) is 24.0 Å². The van der Waals surface area contributed by atoms with Gasteiger partial charge in [-0.05, 0) is 24.5 Å². The number of aromatic nitrogens is 2. The Morgan fingerprint density at radius 2 is 2.21 bits per heavy atom. The molecule has 0 aliphatic carbocycles. The van der Waals surface area contributed by atoms with Gasteiger partial charge in [0.25, 0.3) is 0 Å². The average Bonchev–Trinajstić information content (AvgIpc) is 3.10. The van der Waals surface area contributed by atoms with Gasteiger partial charge in [-0.15, -0.1) is 30.6 Å². The van der Waals surface area contributed by atoms with E-state index in [1.807, 2.05) is 42.3 Å². The number of nitrogens with zero attached hydrogens (tertiary/aromatic N) is 4. The SMILES string of the molecule is C=CCCCN(C)C(=NC)NCc1ccccc1-n1ccnc1.I. The van der Waals surface area contributed by atoms with Crippen molar-refractivity contribution in [2.75, 3.05) is 20.6 Å². The summed E-state index contributed by atoms with van der Waals surface area (Å²) < 4.78 is 2.02. The topological polar surface area (TPSA) is 45.5 Å². The van der Waals surface area contributed by atoms with Crippen LogP contribution in [0.5, 0.6) is 0 Å². The molecule has 130 valence electrons. The van der Waals surface area contributed by atoms with E-state index < -0.39 is 0 Å². The fraction of sp³-hybridized carbons (Fsp3) is 0.333. The molecule has 0 spiro atoms. The van der Waals surface area contributed by atoms with Gasteiger partial charge in [0.15, 0.2) is 5.96 Å². The first-order chi connectivity index (χ1) is 11.3. The zero-order valence-electron chi connectivity index (χ0n) is 14.4. The molecule has 24 heavy (non-hydrogen) atoms. The van der Waals surface area contributed by atoms with Crippen molar-refractivity contribution in [1.82, 2.24) is 19.8 Å². The Morgan fingerprint density at radius 3 is 2.88 bits per heavy atom. The van der Waals surface area contributed by atoms with E-state index in [1.165, 1.54) is 5.56 Å². The molecule has 0 saturated heterocycles. The van der Waals surface area contributed by atoms with Crippen LogP contribution < -0.4 is 5.32 Å². The first-order valence-corrected chi connectivity index (χ1v) is 7.85. The lowest BCUT2D eigenvalue weighted by atomic mass is 10.1. The van der Waals surface area contributed by atoms with Gasteiger partial charge in [0.2, 0.25) is 0 Å². The number of hydrogen-bond donors (Lipinski definition) is 1. The number of para-hydroxylation sites is 1. The summed E-state index contributed by atoms with van der Waals surface area (Å²) >= 11 is 0. The molecule has 0 bridgehead atoms. The summed E-state index contributed by atoms with van der Waals surface area (Å²) in [5.41, 5.74) is 2.33. The maximum absolute atomic E-state index is 4.36. The monoisotopic (exact) mass is 439 g/mol. The third kappa shape index (κ3) is 5.67. The molecule has 2 rings (SSSR count).